The Balaban J connectivity index is 2.35. The highest BCUT2D eigenvalue weighted by Crippen LogP contribution is 2.34. The number of nitrogens with one attached hydrogen (secondary N) is 1. The Morgan fingerprint density at radius 3 is 2.59 bits per heavy atom. The molecule has 0 bridgehead atoms. The van der Waals surface area contributed by atoms with E-state index in [2.05, 4.69) is 23.5 Å². The fourth-order valence-electron chi connectivity index (χ4n) is 2.74. The second kappa shape index (κ2) is 8.94. The third-order valence-electron chi connectivity index (χ3n) is 4.02. The normalized spacial score (nSPS) is 18.3. The van der Waals surface area contributed by atoms with Gasteiger partial charge in [0.15, 0.2) is 0 Å². The maximum absolute atomic E-state index is 14.7. The number of carbonyl (C=O) groups excluding carboxylic acids is 1. The molecule has 1 atom stereocenters. The Labute approximate surface area is 171 Å². The molecule has 1 aliphatic rings. The topological polar surface area (TPSA) is 63.2 Å². The van der Waals surface area contributed by atoms with Gasteiger partial charge in [-0.2, -0.15) is 0 Å². The van der Waals surface area contributed by atoms with Crippen LogP contribution < -0.4 is 5.32 Å². The van der Waals surface area contributed by atoms with Gasteiger partial charge in [-0.3, -0.25) is 5.32 Å². The van der Waals surface area contributed by atoms with Crippen molar-refractivity contribution in [1.29, 1.82) is 0 Å². The molecule has 1 N–H and O–H groups in total. The van der Waals surface area contributed by atoms with Crippen LogP contribution in [0.5, 0.6) is 0 Å². The van der Waals surface area contributed by atoms with Crippen molar-refractivity contribution in [1.82, 2.24) is 4.90 Å². The zero-order valence-corrected chi connectivity index (χ0v) is 17.4. The van der Waals surface area contributed by atoms with Crippen molar-refractivity contribution in [3.63, 3.8) is 0 Å². The minimum absolute atomic E-state index is 0.292. The highest BCUT2D eigenvalue weighted by atomic mass is 19.1. The first-order valence-electron chi connectivity index (χ1n) is 9.29. The number of hydrogen-bond acceptors (Lipinski definition) is 5. The Hall–Kier alpha value is -3.09. The van der Waals surface area contributed by atoms with Crippen LogP contribution in [-0.4, -0.2) is 35.7 Å². The van der Waals surface area contributed by atoms with Crippen LogP contribution in [0.3, 0.4) is 0 Å². The molecule has 2 rings (SSSR count). The third-order valence-corrected chi connectivity index (χ3v) is 4.02. The smallest absolute Gasteiger partial charge is 0.412 e. The van der Waals surface area contributed by atoms with Crippen molar-refractivity contribution < 1.29 is 18.7 Å². The minimum Gasteiger partial charge on any atom is -0.444 e. The summed E-state index contributed by atoms with van der Waals surface area (Å²) in [4.78, 5) is 18.5. The molecule has 0 saturated heterocycles. The number of nitrogens with zero attached hydrogens (tertiary/aromatic N) is 2. The summed E-state index contributed by atoms with van der Waals surface area (Å²) in [7, 11) is 0. The highest BCUT2D eigenvalue weighted by Gasteiger charge is 2.32. The molecule has 0 saturated carbocycles. The standard InChI is InChI=1S/C22H28FN3O3/c1-7-12-26(13-8-2)19-25-22(6,11-14-28-19)17-15-16(9-10-18(17)23)24-20(27)29-21(3,4)5/h7-11,14-15H,1-2,12-13H2,3-6H3,(H,24,27)/t22-/m0/s1. The molecule has 1 aromatic rings. The van der Waals surface area contributed by atoms with E-state index in [1.165, 1.54) is 18.4 Å². The van der Waals surface area contributed by atoms with Crippen LogP contribution >= 0.6 is 0 Å². The molecule has 0 spiro atoms. The van der Waals surface area contributed by atoms with Gasteiger partial charge in [0.25, 0.3) is 6.02 Å². The lowest BCUT2D eigenvalue weighted by Crippen LogP contribution is -2.37. The molecule has 1 aliphatic heterocycles. The molecule has 0 aliphatic carbocycles. The van der Waals surface area contributed by atoms with Gasteiger partial charge in [0, 0.05) is 24.3 Å². The summed E-state index contributed by atoms with van der Waals surface area (Å²) < 4.78 is 25.5. The summed E-state index contributed by atoms with van der Waals surface area (Å²) >= 11 is 0. The number of carbonyl (C=O) groups is 1. The number of ether oxygens (including phenoxy) is 2. The second-order valence-corrected chi connectivity index (χ2v) is 7.77. The van der Waals surface area contributed by atoms with Crippen LogP contribution in [0.2, 0.25) is 0 Å². The molecule has 0 fully saturated rings. The van der Waals surface area contributed by atoms with Gasteiger partial charge in [0.1, 0.15) is 17.0 Å². The first-order chi connectivity index (χ1) is 13.6. The molecular weight excluding hydrogens is 373 g/mol. The first-order valence-corrected chi connectivity index (χ1v) is 9.29. The van der Waals surface area contributed by atoms with Crippen molar-refractivity contribution in [2.45, 2.75) is 38.8 Å². The molecule has 1 heterocycles. The van der Waals surface area contributed by atoms with E-state index >= 15 is 0 Å². The van der Waals surface area contributed by atoms with Crippen molar-refractivity contribution >= 4 is 17.8 Å². The highest BCUT2D eigenvalue weighted by molar-refractivity contribution is 5.85. The van der Waals surface area contributed by atoms with Crippen molar-refractivity contribution in [3.05, 3.63) is 67.2 Å². The van der Waals surface area contributed by atoms with Crippen LogP contribution in [0.1, 0.15) is 33.3 Å². The molecule has 0 aromatic heterocycles. The van der Waals surface area contributed by atoms with Crippen molar-refractivity contribution in [2.75, 3.05) is 18.4 Å². The van der Waals surface area contributed by atoms with Crippen LogP contribution in [-0.2, 0) is 15.0 Å². The Kier molecular flexibility index (Phi) is 6.84. The van der Waals surface area contributed by atoms with E-state index in [0.717, 1.165) is 0 Å². The quantitative estimate of drug-likeness (QED) is 0.684. The van der Waals surface area contributed by atoms with Gasteiger partial charge < -0.3 is 14.4 Å². The van der Waals surface area contributed by atoms with E-state index in [9.17, 15) is 9.18 Å². The molecule has 0 unspecified atom stereocenters. The average Bonchev–Trinajstić information content (AvgIpc) is 2.61. The third kappa shape index (κ3) is 5.94. The molecule has 7 heteroatoms. The van der Waals surface area contributed by atoms with Gasteiger partial charge in [-0.05, 0) is 52.0 Å². The van der Waals surface area contributed by atoms with Crippen LogP contribution in [0.15, 0.2) is 60.8 Å². The lowest BCUT2D eigenvalue weighted by Gasteiger charge is -2.31. The summed E-state index contributed by atoms with van der Waals surface area (Å²) in [6, 6.07) is 4.64. The fraction of sp³-hybridized carbons (Fsp3) is 0.364. The minimum atomic E-state index is -1.02. The van der Waals surface area contributed by atoms with Gasteiger partial charge in [0.2, 0.25) is 0 Å². The molecule has 6 nitrogen and oxygen atoms in total. The number of amides is 1. The summed E-state index contributed by atoms with van der Waals surface area (Å²) in [5.41, 5.74) is -0.964. The van der Waals surface area contributed by atoms with E-state index in [4.69, 9.17) is 9.47 Å². The van der Waals surface area contributed by atoms with E-state index < -0.39 is 23.1 Å². The molecule has 1 aromatic carbocycles. The number of aliphatic imine (C=N–C) groups is 1. The number of rotatable bonds is 6. The van der Waals surface area contributed by atoms with Gasteiger partial charge >= 0.3 is 6.09 Å². The van der Waals surface area contributed by atoms with Crippen LogP contribution in [0.4, 0.5) is 14.9 Å². The van der Waals surface area contributed by atoms with Gasteiger partial charge in [-0.1, -0.05) is 12.2 Å². The maximum Gasteiger partial charge on any atom is 0.412 e. The molecule has 0 radical (unpaired) electrons. The summed E-state index contributed by atoms with van der Waals surface area (Å²) in [6.45, 7) is 15.5. The first kappa shape index (κ1) is 22.2. The molecule has 1 amide bonds. The molecule has 29 heavy (non-hydrogen) atoms. The zero-order chi connectivity index (χ0) is 21.7. The van der Waals surface area contributed by atoms with E-state index in [1.54, 1.807) is 52.0 Å². The Morgan fingerprint density at radius 1 is 1.34 bits per heavy atom. The fourth-order valence-corrected chi connectivity index (χ4v) is 2.74. The Bertz CT molecular complexity index is 832. The molecular formula is C22H28FN3O3. The SMILES string of the molecule is C=CCN(CC=C)C1=N[C@](C)(c2cc(NC(=O)OC(C)(C)C)ccc2F)C=CO1. The zero-order valence-electron chi connectivity index (χ0n) is 17.4. The summed E-state index contributed by atoms with van der Waals surface area (Å²) in [5, 5.41) is 2.63. The largest absolute Gasteiger partial charge is 0.444 e. The number of halogens is 1. The van der Waals surface area contributed by atoms with E-state index in [1.807, 2.05) is 4.90 Å². The predicted molar refractivity (Wildman–Crippen MR) is 113 cm³/mol. The van der Waals surface area contributed by atoms with E-state index in [-0.39, 0.29) is 0 Å². The Morgan fingerprint density at radius 2 is 2.00 bits per heavy atom. The lowest BCUT2D eigenvalue weighted by molar-refractivity contribution is 0.0636. The maximum atomic E-state index is 14.7. The number of anilines is 1. The number of hydrogen-bond donors (Lipinski definition) is 1. The summed E-state index contributed by atoms with van der Waals surface area (Å²) in [6.07, 6.45) is 5.96. The molecule has 156 valence electrons. The summed E-state index contributed by atoms with van der Waals surface area (Å²) in [5.74, 6) is -0.448. The number of benzene rings is 1. The number of amidine groups is 1. The van der Waals surface area contributed by atoms with Gasteiger partial charge in [-0.25, -0.2) is 14.2 Å². The van der Waals surface area contributed by atoms with E-state index in [0.29, 0.717) is 30.4 Å². The second-order valence-electron chi connectivity index (χ2n) is 7.77. The lowest BCUT2D eigenvalue weighted by atomic mass is 9.91. The van der Waals surface area contributed by atoms with Gasteiger partial charge in [0.05, 0.1) is 6.26 Å². The average molecular weight is 401 g/mol. The predicted octanol–water partition coefficient (Wildman–Crippen LogP) is 4.96. The van der Waals surface area contributed by atoms with Crippen LogP contribution in [0.25, 0.3) is 0 Å². The monoisotopic (exact) mass is 401 g/mol. The van der Waals surface area contributed by atoms with Crippen molar-refractivity contribution in [3.8, 4) is 0 Å². The van der Waals surface area contributed by atoms with Crippen LogP contribution in [0, 0.1) is 5.82 Å². The van der Waals surface area contributed by atoms with Crippen molar-refractivity contribution in [2.24, 2.45) is 4.99 Å². The van der Waals surface area contributed by atoms with Gasteiger partial charge in [-0.15, -0.1) is 13.2 Å².